The number of rotatable bonds is 7. The summed E-state index contributed by atoms with van der Waals surface area (Å²) in [5, 5.41) is 4.52. The number of benzene rings is 2. The van der Waals surface area contributed by atoms with Crippen LogP contribution in [0, 0.1) is 12.7 Å². The number of carbonyl (C=O) groups is 2. The molecule has 0 saturated heterocycles. The Balaban J connectivity index is 1.25. The Morgan fingerprint density at radius 2 is 1.74 bits per heavy atom. The van der Waals surface area contributed by atoms with Crippen LogP contribution in [0.5, 0.6) is 0 Å². The first-order chi connectivity index (χ1) is 22.1. The zero-order valence-electron chi connectivity index (χ0n) is 27.2. The molecule has 3 aromatic heterocycles. The molecule has 1 N–H and O–H groups in total. The fraction of sp³-hybridized carbons (Fsp3) is 0.368. The first-order valence-corrected chi connectivity index (χ1v) is 16.3. The van der Waals surface area contributed by atoms with Crippen LogP contribution in [0.3, 0.4) is 0 Å². The second-order valence-electron chi connectivity index (χ2n) is 13.4. The van der Waals surface area contributed by atoms with Crippen molar-refractivity contribution in [2.24, 2.45) is 14.1 Å². The molecule has 0 unspecified atom stereocenters. The van der Waals surface area contributed by atoms with Crippen molar-refractivity contribution in [1.29, 1.82) is 0 Å². The molecule has 7 rings (SSSR count). The summed E-state index contributed by atoms with van der Waals surface area (Å²) in [6, 6.07) is 13.3. The molecule has 0 radical (unpaired) electrons. The van der Waals surface area contributed by atoms with Gasteiger partial charge >= 0.3 is 0 Å². The van der Waals surface area contributed by atoms with Gasteiger partial charge in [0, 0.05) is 30.6 Å². The van der Waals surface area contributed by atoms with Gasteiger partial charge in [-0.1, -0.05) is 18.9 Å². The molecule has 1 amide bonds. The summed E-state index contributed by atoms with van der Waals surface area (Å²) in [5.41, 5.74) is 8.58. The van der Waals surface area contributed by atoms with Gasteiger partial charge in [-0.2, -0.15) is 0 Å². The van der Waals surface area contributed by atoms with E-state index in [4.69, 9.17) is 4.98 Å². The van der Waals surface area contributed by atoms with E-state index in [2.05, 4.69) is 37.6 Å². The van der Waals surface area contributed by atoms with E-state index < -0.39 is 5.54 Å². The SMILES string of the molecule is CC(=O)/C(C)=C/c1cc2c(cc1C)nc(C1(NC(=O)c3ccc4c(C5CCCC5)c(-c5ccc(F)cn5)n(C)c4c3)CCC1)n2C. The summed E-state index contributed by atoms with van der Waals surface area (Å²) in [6.45, 7) is 5.45. The quantitative estimate of drug-likeness (QED) is 0.188. The number of ketones is 1. The van der Waals surface area contributed by atoms with Crippen LogP contribution in [0.1, 0.15) is 97.6 Å². The van der Waals surface area contributed by atoms with Crippen molar-refractivity contribution in [3.63, 3.8) is 0 Å². The van der Waals surface area contributed by atoms with Gasteiger partial charge < -0.3 is 14.5 Å². The molecule has 0 bridgehead atoms. The van der Waals surface area contributed by atoms with Gasteiger partial charge in [0.1, 0.15) is 11.6 Å². The van der Waals surface area contributed by atoms with E-state index in [1.807, 2.05) is 46.2 Å². The number of pyridine rings is 1. The summed E-state index contributed by atoms with van der Waals surface area (Å²) in [5.74, 6) is 0.819. The van der Waals surface area contributed by atoms with E-state index in [9.17, 15) is 14.0 Å². The lowest BCUT2D eigenvalue weighted by molar-refractivity contribution is -0.113. The summed E-state index contributed by atoms with van der Waals surface area (Å²) < 4.78 is 18.0. The molecule has 46 heavy (non-hydrogen) atoms. The van der Waals surface area contributed by atoms with Crippen LogP contribution in [0.2, 0.25) is 0 Å². The molecule has 0 atom stereocenters. The Bertz CT molecular complexity index is 2060. The maximum atomic E-state index is 14.0. The largest absolute Gasteiger partial charge is 0.342 e. The van der Waals surface area contributed by atoms with Crippen molar-refractivity contribution in [2.75, 3.05) is 0 Å². The molecule has 2 aliphatic carbocycles. The molecule has 2 fully saturated rings. The molecule has 3 heterocycles. The van der Waals surface area contributed by atoms with Crippen LogP contribution in [-0.2, 0) is 24.4 Å². The Kier molecular flexibility index (Phi) is 7.41. The summed E-state index contributed by atoms with van der Waals surface area (Å²) in [6.07, 6.45) is 10.4. The predicted octanol–water partition coefficient (Wildman–Crippen LogP) is 8.03. The number of carbonyl (C=O) groups excluding carboxylic acids is 2. The van der Waals surface area contributed by atoms with Gasteiger partial charge in [0.15, 0.2) is 5.78 Å². The summed E-state index contributed by atoms with van der Waals surface area (Å²) >= 11 is 0. The molecule has 2 aliphatic rings. The zero-order valence-corrected chi connectivity index (χ0v) is 27.2. The minimum Gasteiger partial charge on any atom is -0.342 e. The van der Waals surface area contributed by atoms with Crippen LogP contribution in [-0.4, -0.2) is 30.8 Å². The number of hydrogen-bond donors (Lipinski definition) is 1. The lowest BCUT2D eigenvalue weighted by atomic mass is 9.75. The standard InChI is InChI=1S/C38H40FN5O2/c1-22(24(3)45)17-27-20-33-31(18-23(27)2)41-37(44(33)5)38(15-8-16-38)42-36(46)26-11-13-29-32(19-26)43(4)35(30-14-12-28(39)21-40-30)34(29)25-9-6-7-10-25/h11-14,17-21,25H,6-10,15-16H2,1-5H3,(H,42,46)/b22-17+. The molecule has 2 saturated carbocycles. The Morgan fingerprint density at radius 3 is 2.39 bits per heavy atom. The minimum atomic E-state index is -0.564. The highest BCUT2D eigenvalue weighted by Crippen LogP contribution is 2.45. The number of imidazole rings is 1. The number of hydrogen-bond acceptors (Lipinski definition) is 4. The van der Waals surface area contributed by atoms with Gasteiger partial charge in [-0.15, -0.1) is 0 Å². The Morgan fingerprint density at radius 1 is 0.978 bits per heavy atom. The maximum Gasteiger partial charge on any atom is 0.252 e. The van der Waals surface area contributed by atoms with E-state index >= 15 is 0 Å². The van der Waals surface area contributed by atoms with Crippen molar-refractivity contribution in [3.05, 3.63) is 88.1 Å². The number of amides is 1. The summed E-state index contributed by atoms with van der Waals surface area (Å²) in [7, 11) is 4.02. The van der Waals surface area contributed by atoms with Crippen LogP contribution in [0.4, 0.5) is 4.39 Å². The molecule has 0 aliphatic heterocycles. The molecule has 0 spiro atoms. The maximum absolute atomic E-state index is 14.0. The third-order valence-electron chi connectivity index (χ3n) is 10.4. The van der Waals surface area contributed by atoms with E-state index in [0.717, 1.165) is 82.4 Å². The monoisotopic (exact) mass is 617 g/mol. The van der Waals surface area contributed by atoms with Crippen molar-refractivity contribution < 1.29 is 14.0 Å². The molecular weight excluding hydrogens is 577 g/mol. The average Bonchev–Trinajstić information content (AvgIpc) is 3.73. The first kappa shape index (κ1) is 30.1. The van der Waals surface area contributed by atoms with E-state index in [1.54, 1.807) is 13.0 Å². The van der Waals surface area contributed by atoms with E-state index in [0.29, 0.717) is 17.1 Å². The molecule has 7 nitrogen and oxygen atoms in total. The predicted molar refractivity (Wildman–Crippen MR) is 180 cm³/mol. The van der Waals surface area contributed by atoms with E-state index in [1.165, 1.54) is 30.7 Å². The third kappa shape index (κ3) is 4.95. The molecule has 2 aromatic carbocycles. The smallest absolute Gasteiger partial charge is 0.252 e. The number of aromatic nitrogens is 4. The van der Waals surface area contributed by atoms with Gasteiger partial charge in [-0.05, 0) is 124 Å². The normalized spacial score (nSPS) is 16.7. The van der Waals surface area contributed by atoms with Crippen LogP contribution >= 0.6 is 0 Å². The minimum absolute atomic E-state index is 0.0490. The number of nitrogens with one attached hydrogen (secondary N) is 1. The van der Waals surface area contributed by atoms with Gasteiger partial charge in [0.2, 0.25) is 0 Å². The zero-order chi connectivity index (χ0) is 32.3. The number of fused-ring (bicyclic) bond motifs is 2. The van der Waals surface area contributed by atoms with Gasteiger partial charge in [0.25, 0.3) is 5.91 Å². The topological polar surface area (TPSA) is 81.8 Å². The first-order valence-electron chi connectivity index (χ1n) is 16.3. The highest BCUT2D eigenvalue weighted by molar-refractivity contribution is 6.01. The lowest BCUT2D eigenvalue weighted by Crippen LogP contribution is -2.52. The number of halogens is 1. The number of aryl methyl sites for hydroxylation is 3. The van der Waals surface area contributed by atoms with Crippen LogP contribution in [0.15, 0.2) is 54.2 Å². The summed E-state index contributed by atoms with van der Waals surface area (Å²) in [4.78, 5) is 35.4. The molecule has 8 heteroatoms. The second-order valence-corrected chi connectivity index (χ2v) is 13.4. The molecule has 5 aromatic rings. The number of Topliss-reactive ketones (excluding diaryl/α,β-unsaturated/α-hetero) is 1. The number of nitrogens with zero attached hydrogens (tertiary/aromatic N) is 4. The van der Waals surface area contributed by atoms with Gasteiger partial charge in [-0.3, -0.25) is 14.6 Å². The highest BCUT2D eigenvalue weighted by Gasteiger charge is 2.44. The molecular formula is C38H40FN5O2. The average molecular weight is 618 g/mol. The Labute approximate surface area is 268 Å². The Hall–Kier alpha value is -4.59. The van der Waals surface area contributed by atoms with Crippen molar-refractivity contribution >= 4 is 39.7 Å². The van der Waals surface area contributed by atoms with Crippen molar-refractivity contribution in [3.8, 4) is 11.4 Å². The number of allylic oxidation sites excluding steroid dienone is 1. The van der Waals surface area contributed by atoms with E-state index in [-0.39, 0.29) is 17.5 Å². The van der Waals surface area contributed by atoms with Crippen molar-refractivity contribution in [2.45, 2.75) is 77.2 Å². The van der Waals surface area contributed by atoms with Gasteiger partial charge in [0.05, 0.1) is 34.2 Å². The molecule has 236 valence electrons. The third-order valence-corrected chi connectivity index (χ3v) is 10.4. The lowest BCUT2D eigenvalue weighted by Gasteiger charge is -2.41. The highest BCUT2D eigenvalue weighted by atomic mass is 19.1. The second kappa shape index (κ2) is 11.3. The fourth-order valence-electron chi connectivity index (χ4n) is 7.56. The van der Waals surface area contributed by atoms with Crippen LogP contribution in [0.25, 0.3) is 39.4 Å². The fourth-order valence-corrected chi connectivity index (χ4v) is 7.56. The van der Waals surface area contributed by atoms with Crippen LogP contribution < -0.4 is 5.32 Å². The van der Waals surface area contributed by atoms with Gasteiger partial charge in [-0.25, -0.2) is 9.37 Å². The van der Waals surface area contributed by atoms with Crippen molar-refractivity contribution in [1.82, 2.24) is 24.4 Å².